The van der Waals surface area contributed by atoms with Gasteiger partial charge in [-0.05, 0) is 36.4 Å². The number of hydrogen-bond acceptors (Lipinski definition) is 5. The van der Waals surface area contributed by atoms with E-state index in [2.05, 4.69) is 4.98 Å². The molecule has 2 aromatic rings. The van der Waals surface area contributed by atoms with E-state index in [-0.39, 0.29) is 16.9 Å². The van der Waals surface area contributed by atoms with Crippen molar-refractivity contribution in [3.8, 4) is 0 Å². The second-order valence-corrected chi connectivity index (χ2v) is 7.37. The van der Waals surface area contributed by atoms with Gasteiger partial charge in [-0.2, -0.15) is 0 Å². The molecule has 2 aliphatic heterocycles. The first-order chi connectivity index (χ1) is 14.6. The van der Waals surface area contributed by atoms with Gasteiger partial charge in [-0.15, -0.1) is 0 Å². The molecule has 0 spiro atoms. The number of amides is 1. The number of carbonyl (C=O) groups excluding carboxylic acids is 2. The van der Waals surface area contributed by atoms with E-state index in [1.54, 1.807) is 24.4 Å². The first kappa shape index (κ1) is 20.2. The van der Waals surface area contributed by atoms with Crippen molar-refractivity contribution in [3.05, 3.63) is 71.3 Å². The van der Waals surface area contributed by atoms with Crippen LogP contribution in [-0.2, 0) is 14.3 Å². The molecule has 0 aliphatic carbocycles. The van der Waals surface area contributed by atoms with Crippen LogP contribution in [0.5, 0.6) is 0 Å². The molecule has 8 heteroatoms. The summed E-state index contributed by atoms with van der Waals surface area (Å²) in [6.45, 7) is 4.03. The fourth-order valence-electron chi connectivity index (χ4n) is 3.91. The number of nitrogens with zero attached hydrogens (tertiary/aromatic N) is 2. The number of aliphatic hydroxyl groups excluding tert-OH is 1. The summed E-state index contributed by atoms with van der Waals surface area (Å²) in [5.41, 5.74) is 0.744. The Kier molecular flexibility index (Phi) is 5.87. The average Bonchev–Trinajstić information content (AvgIpc) is 3.04. The lowest BCUT2D eigenvalue weighted by molar-refractivity contribution is -0.907. The van der Waals surface area contributed by atoms with Crippen LogP contribution in [0.15, 0.2) is 54.2 Å². The highest BCUT2D eigenvalue weighted by molar-refractivity contribution is 6.46. The molecule has 4 rings (SSSR count). The van der Waals surface area contributed by atoms with Gasteiger partial charge in [0.05, 0.1) is 37.6 Å². The van der Waals surface area contributed by atoms with Crippen LogP contribution in [0.3, 0.4) is 0 Å². The van der Waals surface area contributed by atoms with Crippen LogP contribution in [0.1, 0.15) is 17.3 Å². The molecule has 2 saturated heterocycles. The maximum atomic E-state index is 13.3. The number of aliphatic hydroxyl groups is 1. The minimum Gasteiger partial charge on any atom is -0.507 e. The summed E-state index contributed by atoms with van der Waals surface area (Å²) in [6, 6.07) is 9.60. The second-order valence-electron chi connectivity index (χ2n) is 7.37. The smallest absolute Gasteiger partial charge is 0.295 e. The minimum absolute atomic E-state index is 0.0257. The number of aromatic nitrogens is 1. The monoisotopic (exact) mass is 412 g/mol. The molecular weight excluding hydrogens is 389 g/mol. The van der Waals surface area contributed by atoms with Crippen LogP contribution in [0.2, 0.25) is 0 Å². The van der Waals surface area contributed by atoms with Crippen LogP contribution in [0, 0.1) is 5.82 Å². The minimum atomic E-state index is -0.795. The number of pyridine rings is 1. The van der Waals surface area contributed by atoms with Gasteiger partial charge < -0.3 is 19.6 Å². The number of morpholine rings is 1. The van der Waals surface area contributed by atoms with Crippen molar-refractivity contribution < 1.29 is 28.7 Å². The van der Waals surface area contributed by atoms with E-state index in [0.29, 0.717) is 32.0 Å². The largest absolute Gasteiger partial charge is 0.507 e. The lowest BCUT2D eigenvalue weighted by atomic mass is 9.98. The summed E-state index contributed by atoms with van der Waals surface area (Å²) in [6.07, 6.45) is 1.58. The highest BCUT2D eigenvalue weighted by atomic mass is 19.1. The topological polar surface area (TPSA) is 84.2 Å². The van der Waals surface area contributed by atoms with E-state index in [1.165, 1.54) is 34.1 Å². The van der Waals surface area contributed by atoms with Gasteiger partial charge in [0.25, 0.3) is 11.7 Å². The van der Waals surface area contributed by atoms with Crippen LogP contribution in [0.25, 0.3) is 5.76 Å². The van der Waals surface area contributed by atoms with Crippen molar-refractivity contribution in [2.45, 2.75) is 6.04 Å². The summed E-state index contributed by atoms with van der Waals surface area (Å²) < 4.78 is 18.7. The number of carbonyl (C=O) groups is 2. The predicted octanol–water partition coefficient (Wildman–Crippen LogP) is 0.558. The molecule has 156 valence electrons. The molecule has 2 fully saturated rings. The van der Waals surface area contributed by atoms with Crippen molar-refractivity contribution in [1.82, 2.24) is 9.88 Å². The first-order valence-electron chi connectivity index (χ1n) is 9.93. The van der Waals surface area contributed by atoms with Crippen molar-refractivity contribution >= 4 is 17.4 Å². The molecular formula is C22H23FN3O4+. The van der Waals surface area contributed by atoms with Gasteiger partial charge in [-0.1, -0.05) is 6.07 Å². The second kappa shape index (κ2) is 8.73. The summed E-state index contributed by atoms with van der Waals surface area (Å²) >= 11 is 0. The molecule has 2 aliphatic rings. The van der Waals surface area contributed by atoms with Gasteiger partial charge in [0, 0.05) is 11.8 Å². The third kappa shape index (κ3) is 3.96. The highest BCUT2D eigenvalue weighted by Gasteiger charge is 2.47. The normalized spacial score (nSPS) is 21.9. The zero-order valence-corrected chi connectivity index (χ0v) is 16.4. The summed E-state index contributed by atoms with van der Waals surface area (Å²) in [5, 5.41) is 10.9. The number of rotatable bonds is 5. The summed E-state index contributed by atoms with van der Waals surface area (Å²) in [5.74, 6) is -2.21. The summed E-state index contributed by atoms with van der Waals surface area (Å²) in [7, 11) is 0. The average molecular weight is 412 g/mol. The molecule has 7 nitrogen and oxygen atoms in total. The number of quaternary nitrogens is 1. The van der Waals surface area contributed by atoms with Crippen molar-refractivity contribution in [2.75, 3.05) is 39.4 Å². The highest BCUT2D eigenvalue weighted by Crippen LogP contribution is 2.38. The fraction of sp³-hybridized carbons (Fsp3) is 0.318. The van der Waals surface area contributed by atoms with Crippen LogP contribution in [-0.4, -0.2) is 66.1 Å². The van der Waals surface area contributed by atoms with Gasteiger partial charge >= 0.3 is 0 Å². The number of halogens is 1. The Morgan fingerprint density at radius 2 is 1.90 bits per heavy atom. The molecule has 30 heavy (non-hydrogen) atoms. The lowest BCUT2D eigenvalue weighted by Crippen LogP contribution is -3.14. The third-order valence-electron chi connectivity index (χ3n) is 5.53. The zero-order valence-electron chi connectivity index (χ0n) is 16.4. The number of benzene rings is 1. The van der Waals surface area contributed by atoms with E-state index in [1.807, 2.05) is 0 Å². The molecule has 3 heterocycles. The Hall–Kier alpha value is -3.10. The Balaban J connectivity index is 1.71. The van der Waals surface area contributed by atoms with Gasteiger partial charge in [-0.3, -0.25) is 14.6 Å². The number of hydrogen-bond donors (Lipinski definition) is 2. The Morgan fingerprint density at radius 3 is 2.57 bits per heavy atom. The molecule has 1 aromatic carbocycles. The molecule has 1 atom stereocenters. The molecule has 0 bridgehead atoms. The lowest BCUT2D eigenvalue weighted by Gasteiger charge is -2.28. The van der Waals surface area contributed by atoms with E-state index in [0.717, 1.165) is 13.1 Å². The predicted molar refractivity (Wildman–Crippen MR) is 106 cm³/mol. The third-order valence-corrected chi connectivity index (χ3v) is 5.53. The van der Waals surface area contributed by atoms with Crippen molar-refractivity contribution in [1.29, 1.82) is 0 Å². The van der Waals surface area contributed by atoms with E-state index in [4.69, 9.17) is 4.74 Å². The van der Waals surface area contributed by atoms with Crippen LogP contribution in [0.4, 0.5) is 4.39 Å². The number of likely N-dealkylation sites (tertiary alicyclic amines) is 1. The maximum Gasteiger partial charge on any atom is 0.295 e. The molecule has 0 radical (unpaired) electrons. The fourth-order valence-corrected chi connectivity index (χ4v) is 3.91. The number of ether oxygens (including phenoxy) is 1. The van der Waals surface area contributed by atoms with E-state index < -0.39 is 23.5 Å². The number of Topliss-reactive ketones (excluding diaryl/α,β-unsaturated/α-hetero) is 1. The molecule has 0 unspecified atom stereocenters. The standard InChI is InChI=1S/C22H22FN3O4/c23-16-6-4-15(5-7-16)20(27)18-19(17-3-1-2-8-24-17)26(22(29)21(18)28)10-9-25-11-13-30-14-12-25/h1-8,19,27H,9-14H2/p+1/b20-18-/t19-/m0/s1. The van der Waals surface area contributed by atoms with Gasteiger partial charge in [0.15, 0.2) is 0 Å². The molecule has 1 amide bonds. The first-order valence-corrected chi connectivity index (χ1v) is 9.93. The molecule has 2 N–H and O–H groups in total. The number of ketones is 1. The quantitative estimate of drug-likeness (QED) is 0.426. The van der Waals surface area contributed by atoms with Gasteiger partial charge in [0.1, 0.15) is 30.7 Å². The Bertz CT molecular complexity index is 956. The molecule has 0 saturated carbocycles. The van der Waals surface area contributed by atoms with Crippen molar-refractivity contribution in [3.63, 3.8) is 0 Å². The van der Waals surface area contributed by atoms with Crippen LogP contribution < -0.4 is 4.90 Å². The van der Waals surface area contributed by atoms with Gasteiger partial charge in [-0.25, -0.2) is 4.39 Å². The number of nitrogens with one attached hydrogen (secondary N) is 1. The zero-order chi connectivity index (χ0) is 21.1. The Labute approximate surface area is 173 Å². The van der Waals surface area contributed by atoms with E-state index in [9.17, 15) is 19.1 Å². The summed E-state index contributed by atoms with van der Waals surface area (Å²) in [4.78, 5) is 32.9. The molecule has 1 aromatic heterocycles. The van der Waals surface area contributed by atoms with Crippen LogP contribution >= 0.6 is 0 Å². The SMILES string of the molecule is O=C1C(=O)N(CC[NH+]2CCOCC2)[C@@H](c2ccccn2)/C1=C(/O)c1ccc(F)cc1. The van der Waals surface area contributed by atoms with E-state index >= 15 is 0 Å². The maximum absolute atomic E-state index is 13.3. The van der Waals surface area contributed by atoms with Gasteiger partial charge in [0.2, 0.25) is 0 Å². The van der Waals surface area contributed by atoms with Crippen molar-refractivity contribution in [2.24, 2.45) is 0 Å². The Morgan fingerprint density at radius 1 is 1.17 bits per heavy atom.